The van der Waals surface area contributed by atoms with Gasteiger partial charge >= 0.3 is 0 Å². The van der Waals surface area contributed by atoms with Crippen molar-refractivity contribution in [2.75, 3.05) is 18.4 Å². The SMILES string of the molecule is O=C1Cc2cc(S(=O)(=O)N3CCC(O)C3)c(Br)cc2N1. The normalized spacial score (nSPS) is 22.9. The monoisotopic (exact) mass is 360 g/mol. The number of benzene rings is 1. The van der Waals surface area contributed by atoms with Gasteiger partial charge in [-0.05, 0) is 40.0 Å². The van der Waals surface area contributed by atoms with Gasteiger partial charge in [-0.15, -0.1) is 0 Å². The van der Waals surface area contributed by atoms with Gasteiger partial charge in [0.25, 0.3) is 0 Å². The molecule has 108 valence electrons. The molecule has 0 aromatic heterocycles. The number of sulfonamides is 1. The Kier molecular flexibility index (Phi) is 3.36. The maximum atomic E-state index is 12.6. The molecule has 1 aromatic rings. The van der Waals surface area contributed by atoms with Crippen LogP contribution in [0.4, 0.5) is 5.69 Å². The molecule has 0 aliphatic carbocycles. The minimum Gasteiger partial charge on any atom is -0.392 e. The molecule has 0 bridgehead atoms. The number of fused-ring (bicyclic) bond motifs is 1. The lowest BCUT2D eigenvalue weighted by atomic mass is 10.2. The predicted octanol–water partition coefficient (Wildman–Crippen LogP) is 0.699. The van der Waals surface area contributed by atoms with Crippen LogP contribution in [0.15, 0.2) is 21.5 Å². The summed E-state index contributed by atoms with van der Waals surface area (Å²) in [6.07, 6.45) is 0.0245. The number of amides is 1. The summed E-state index contributed by atoms with van der Waals surface area (Å²) in [5.41, 5.74) is 1.32. The van der Waals surface area contributed by atoms with Crippen LogP contribution < -0.4 is 5.32 Å². The first-order valence-electron chi connectivity index (χ1n) is 6.18. The lowest BCUT2D eigenvalue weighted by molar-refractivity contribution is -0.115. The zero-order valence-electron chi connectivity index (χ0n) is 10.5. The standard InChI is InChI=1S/C12H13BrN2O4S/c13-9-5-10-7(4-12(17)14-10)3-11(9)20(18,19)15-2-1-8(16)6-15/h3,5,8,16H,1-2,4,6H2,(H,14,17). The lowest BCUT2D eigenvalue weighted by Crippen LogP contribution is -2.30. The second-order valence-corrected chi connectivity index (χ2v) is 7.73. The van der Waals surface area contributed by atoms with Gasteiger partial charge in [-0.1, -0.05) is 0 Å². The van der Waals surface area contributed by atoms with Gasteiger partial charge in [0.05, 0.1) is 17.4 Å². The van der Waals surface area contributed by atoms with E-state index in [2.05, 4.69) is 21.2 Å². The topological polar surface area (TPSA) is 86.7 Å². The van der Waals surface area contributed by atoms with Crippen LogP contribution in [0.3, 0.4) is 0 Å². The highest BCUT2D eigenvalue weighted by Crippen LogP contribution is 2.34. The summed E-state index contributed by atoms with van der Waals surface area (Å²) in [5.74, 6) is -0.141. The maximum absolute atomic E-state index is 12.6. The average molecular weight is 361 g/mol. The third-order valence-corrected chi connectivity index (χ3v) is 6.35. The third-order valence-electron chi connectivity index (χ3n) is 3.53. The molecule has 1 amide bonds. The molecule has 2 N–H and O–H groups in total. The molecule has 0 spiro atoms. The van der Waals surface area contributed by atoms with Crippen LogP contribution in [-0.4, -0.2) is 42.9 Å². The fraction of sp³-hybridized carbons (Fsp3) is 0.417. The minimum absolute atomic E-state index is 0.114. The lowest BCUT2D eigenvalue weighted by Gasteiger charge is -2.17. The summed E-state index contributed by atoms with van der Waals surface area (Å²) >= 11 is 3.25. The Morgan fingerprint density at radius 3 is 2.80 bits per heavy atom. The van der Waals surface area contributed by atoms with Crippen LogP contribution >= 0.6 is 15.9 Å². The van der Waals surface area contributed by atoms with Gasteiger partial charge in [0, 0.05) is 23.2 Å². The highest BCUT2D eigenvalue weighted by Gasteiger charge is 2.34. The second-order valence-electron chi connectivity index (χ2n) is 4.97. The fourth-order valence-corrected chi connectivity index (χ4v) is 5.04. The molecule has 6 nitrogen and oxygen atoms in total. The number of aliphatic hydroxyl groups is 1. The van der Waals surface area contributed by atoms with Crippen molar-refractivity contribution in [1.29, 1.82) is 0 Å². The smallest absolute Gasteiger partial charge is 0.244 e. The Morgan fingerprint density at radius 1 is 1.40 bits per heavy atom. The molecule has 0 radical (unpaired) electrons. The molecular weight excluding hydrogens is 348 g/mol. The number of hydrogen-bond acceptors (Lipinski definition) is 4. The van der Waals surface area contributed by atoms with Crippen molar-refractivity contribution in [2.24, 2.45) is 0 Å². The molecular formula is C12H13BrN2O4S. The van der Waals surface area contributed by atoms with E-state index in [-0.39, 0.29) is 23.8 Å². The minimum atomic E-state index is -3.65. The van der Waals surface area contributed by atoms with Gasteiger partial charge in [0.15, 0.2) is 0 Å². The predicted molar refractivity (Wildman–Crippen MR) is 75.9 cm³/mol. The van der Waals surface area contributed by atoms with E-state index >= 15 is 0 Å². The van der Waals surface area contributed by atoms with E-state index in [0.29, 0.717) is 28.7 Å². The van der Waals surface area contributed by atoms with Gasteiger partial charge in [-0.25, -0.2) is 8.42 Å². The molecule has 3 rings (SSSR count). The van der Waals surface area contributed by atoms with Crippen molar-refractivity contribution in [3.05, 3.63) is 22.2 Å². The molecule has 1 saturated heterocycles. The zero-order valence-corrected chi connectivity index (χ0v) is 12.9. The van der Waals surface area contributed by atoms with Crippen molar-refractivity contribution in [3.8, 4) is 0 Å². The Labute approximate surface area is 125 Å². The third kappa shape index (κ3) is 2.26. The van der Waals surface area contributed by atoms with Crippen LogP contribution in [0.1, 0.15) is 12.0 Å². The summed E-state index contributed by atoms with van der Waals surface area (Å²) in [6, 6.07) is 3.14. The first-order valence-corrected chi connectivity index (χ1v) is 8.42. The summed E-state index contributed by atoms with van der Waals surface area (Å²) in [5, 5.41) is 12.2. The highest BCUT2D eigenvalue weighted by atomic mass is 79.9. The van der Waals surface area contributed by atoms with Crippen LogP contribution in [-0.2, 0) is 21.2 Å². The molecule has 1 fully saturated rings. The molecule has 2 aliphatic rings. The van der Waals surface area contributed by atoms with Crippen LogP contribution in [0.5, 0.6) is 0 Å². The van der Waals surface area contributed by atoms with Crippen molar-refractivity contribution < 1.29 is 18.3 Å². The molecule has 2 heterocycles. The van der Waals surface area contributed by atoms with Gasteiger partial charge in [0.1, 0.15) is 0 Å². The number of anilines is 1. The molecule has 1 unspecified atom stereocenters. The molecule has 1 atom stereocenters. The molecule has 0 saturated carbocycles. The second kappa shape index (κ2) is 4.80. The first kappa shape index (κ1) is 14.0. The van der Waals surface area contributed by atoms with Crippen molar-refractivity contribution in [3.63, 3.8) is 0 Å². The molecule has 2 aliphatic heterocycles. The highest BCUT2D eigenvalue weighted by molar-refractivity contribution is 9.10. The number of halogens is 1. The Bertz CT molecular complexity index is 689. The van der Waals surface area contributed by atoms with Crippen LogP contribution in [0, 0.1) is 0 Å². The number of nitrogens with zero attached hydrogens (tertiary/aromatic N) is 1. The van der Waals surface area contributed by atoms with E-state index in [0.717, 1.165) is 0 Å². The number of hydrogen-bond donors (Lipinski definition) is 2. The number of aliphatic hydroxyl groups excluding tert-OH is 1. The largest absolute Gasteiger partial charge is 0.392 e. The van der Waals surface area contributed by atoms with E-state index in [9.17, 15) is 18.3 Å². The fourth-order valence-electron chi connectivity index (χ4n) is 2.49. The summed E-state index contributed by atoms with van der Waals surface area (Å²) in [6.45, 7) is 0.424. The first-order chi connectivity index (χ1) is 9.38. The summed E-state index contributed by atoms with van der Waals surface area (Å²) in [7, 11) is -3.65. The van der Waals surface area contributed by atoms with E-state index in [1.54, 1.807) is 6.07 Å². The van der Waals surface area contributed by atoms with E-state index < -0.39 is 16.1 Å². The van der Waals surface area contributed by atoms with Gasteiger partial charge in [0.2, 0.25) is 15.9 Å². The Morgan fingerprint density at radius 2 is 2.15 bits per heavy atom. The van der Waals surface area contributed by atoms with Crippen LogP contribution in [0.25, 0.3) is 0 Å². The van der Waals surface area contributed by atoms with E-state index in [1.807, 2.05) is 0 Å². The van der Waals surface area contributed by atoms with E-state index in [1.165, 1.54) is 10.4 Å². The van der Waals surface area contributed by atoms with Gasteiger partial charge in [-0.2, -0.15) is 4.31 Å². The number of nitrogens with one attached hydrogen (secondary N) is 1. The number of carbonyl (C=O) groups excluding carboxylic acids is 1. The maximum Gasteiger partial charge on any atom is 0.244 e. The Balaban J connectivity index is 2.02. The summed E-state index contributed by atoms with van der Waals surface area (Å²) in [4.78, 5) is 11.5. The average Bonchev–Trinajstić information content (AvgIpc) is 2.93. The number of carbonyl (C=O) groups is 1. The molecule has 20 heavy (non-hydrogen) atoms. The van der Waals surface area contributed by atoms with Gasteiger partial charge in [-0.3, -0.25) is 4.79 Å². The quantitative estimate of drug-likeness (QED) is 0.812. The summed E-state index contributed by atoms with van der Waals surface area (Å²) < 4.78 is 26.8. The van der Waals surface area contributed by atoms with Crippen molar-refractivity contribution in [1.82, 2.24) is 4.31 Å². The number of rotatable bonds is 2. The van der Waals surface area contributed by atoms with Gasteiger partial charge < -0.3 is 10.4 Å². The molecule has 8 heteroatoms. The van der Waals surface area contributed by atoms with Crippen molar-refractivity contribution >= 4 is 37.5 Å². The molecule has 1 aromatic carbocycles. The van der Waals surface area contributed by atoms with Crippen LogP contribution in [0.2, 0.25) is 0 Å². The zero-order chi connectivity index (χ0) is 14.5. The van der Waals surface area contributed by atoms with Crippen molar-refractivity contribution in [2.45, 2.75) is 23.8 Å². The Hall–Kier alpha value is -0.960. The number of β-amino-alcohol motifs (C(OH)–C–C–N with tert-alkyl or cyclic N) is 1. The van der Waals surface area contributed by atoms with E-state index in [4.69, 9.17) is 0 Å².